The Morgan fingerprint density at radius 3 is 2.84 bits per heavy atom. The van der Waals surface area contributed by atoms with Crippen molar-refractivity contribution < 1.29 is 4.74 Å². The first-order valence-electron chi connectivity index (χ1n) is 6.40. The molecule has 2 rings (SSSR count). The van der Waals surface area contributed by atoms with Crippen LogP contribution < -0.4 is 21.3 Å². The highest BCUT2D eigenvalue weighted by molar-refractivity contribution is 5.34. The molecule has 1 saturated heterocycles. The molecule has 0 bridgehead atoms. The Hall–Kier alpha value is -1.67. The third-order valence-corrected chi connectivity index (χ3v) is 3.20. The first-order valence-corrected chi connectivity index (χ1v) is 6.40. The van der Waals surface area contributed by atoms with Gasteiger partial charge in [-0.25, -0.2) is 5.84 Å². The third-order valence-electron chi connectivity index (χ3n) is 3.20. The van der Waals surface area contributed by atoms with Crippen LogP contribution in [0.3, 0.4) is 0 Å². The smallest absolute Gasteiger partial charge is 0.322 e. The van der Waals surface area contributed by atoms with E-state index in [4.69, 9.17) is 10.6 Å². The van der Waals surface area contributed by atoms with Gasteiger partial charge in [-0.15, -0.1) is 0 Å². The predicted molar refractivity (Wildman–Crippen MR) is 72.9 cm³/mol. The van der Waals surface area contributed by atoms with Gasteiger partial charge in [-0.2, -0.15) is 15.0 Å². The molecule has 1 aromatic rings. The molecule has 0 radical (unpaired) electrons. The highest BCUT2D eigenvalue weighted by Crippen LogP contribution is 2.16. The van der Waals surface area contributed by atoms with E-state index < -0.39 is 0 Å². The predicted octanol–water partition coefficient (Wildman–Crippen LogP) is -0.0805. The van der Waals surface area contributed by atoms with E-state index in [2.05, 4.69) is 37.6 Å². The van der Waals surface area contributed by atoms with Crippen LogP contribution in [0.1, 0.15) is 12.8 Å². The maximum atomic E-state index is 5.31. The second-order valence-corrected chi connectivity index (χ2v) is 4.77. The number of piperidine rings is 1. The molecular formula is C11H21N7O. The van der Waals surface area contributed by atoms with Crippen molar-refractivity contribution in [1.29, 1.82) is 0 Å². The Balaban J connectivity index is 1.94. The highest BCUT2D eigenvalue weighted by Gasteiger charge is 2.17. The fourth-order valence-corrected chi connectivity index (χ4v) is 2.27. The number of hydrogen-bond acceptors (Lipinski definition) is 8. The number of nitrogens with two attached hydrogens (primary N) is 1. The minimum atomic E-state index is 0.242. The summed E-state index contributed by atoms with van der Waals surface area (Å²) in [7, 11) is 3.66. The molecule has 19 heavy (non-hydrogen) atoms. The van der Waals surface area contributed by atoms with Crippen LogP contribution >= 0.6 is 0 Å². The van der Waals surface area contributed by atoms with E-state index >= 15 is 0 Å². The first kappa shape index (κ1) is 13.8. The van der Waals surface area contributed by atoms with Gasteiger partial charge >= 0.3 is 6.01 Å². The summed E-state index contributed by atoms with van der Waals surface area (Å²) in [6.45, 7) is 3.11. The SMILES string of the molecule is COc1nc(NN)nc(NCC2CCCN(C)C2)n1. The number of hydrogen-bond donors (Lipinski definition) is 3. The lowest BCUT2D eigenvalue weighted by atomic mass is 9.99. The second kappa shape index (κ2) is 6.48. The van der Waals surface area contributed by atoms with Crippen LogP contribution in [0.25, 0.3) is 0 Å². The number of ether oxygens (including phenoxy) is 1. The number of aromatic nitrogens is 3. The molecule has 106 valence electrons. The van der Waals surface area contributed by atoms with Crippen LogP contribution in [0.4, 0.5) is 11.9 Å². The largest absolute Gasteiger partial charge is 0.467 e. The molecule has 0 saturated carbocycles. The van der Waals surface area contributed by atoms with Crippen molar-refractivity contribution in [3.63, 3.8) is 0 Å². The molecule has 0 aromatic carbocycles. The molecule has 8 nitrogen and oxygen atoms in total. The Kier molecular flexibility index (Phi) is 4.69. The monoisotopic (exact) mass is 267 g/mol. The normalized spacial score (nSPS) is 20.1. The van der Waals surface area contributed by atoms with Crippen molar-refractivity contribution >= 4 is 11.9 Å². The van der Waals surface area contributed by atoms with Crippen LogP contribution in [0.15, 0.2) is 0 Å². The number of nitrogen functional groups attached to an aromatic ring is 1. The van der Waals surface area contributed by atoms with Crippen LogP contribution in [0.5, 0.6) is 6.01 Å². The van der Waals surface area contributed by atoms with E-state index in [-0.39, 0.29) is 12.0 Å². The zero-order valence-electron chi connectivity index (χ0n) is 11.4. The first-order chi connectivity index (χ1) is 9.21. The molecular weight excluding hydrogens is 246 g/mol. The van der Waals surface area contributed by atoms with Crippen LogP contribution in [-0.2, 0) is 0 Å². The van der Waals surface area contributed by atoms with Gasteiger partial charge in [0.1, 0.15) is 0 Å². The van der Waals surface area contributed by atoms with E-state index in [9.17, 15) is 0 Å². The Morgan fingerprint density at radius 1 is 1.37 bits per heavy atom. The average molecular weight is 267 g/mol. The lowest BCUT2D eigenvalue weighted by molar-refractivity contribution is 0.217. The second-order valence-electron chi connectivity index (χ2n) is 4.77. The maximum Gasteiger partial charge on any atom is 0.322 e. The quantitative estimate of drug-likeness (QED) is 0.503. The van der Waals surface area contributed by atoms with Gasteiger partial charge in [0, 0.05) is 13.1 Å². The molecule has 2 heterocycles. The van der Waals surface area contributed by atoms with Crippen LogP contribution in [0, 0.1) is 5.92 Å². The van der Waals surface area contributed by atoms with E-state index in [0.29, 0.717) is 11.9 Å². The van der Waals surface area contributed by atoms with Gasteiger partial charge in [0.15, 0.2) is 0 Å². The molecule has 1 aliphatic heterocycles. The molecule has 0 spiro atoms. The van der Waals surface area contributed by atoms with Gasteiger partial charge in [0.25, 0.3) is 0 Å². The fraction of sp³-hybridized carbons (Fsp3) is 0.727. The van der Waals surface area contributed by atoms with Crippen molar-refractivity contribution in [3.05, 3.63) is 0 Å². The molecule has 1 aromatic heterocycles. The molecule has 8 heteroatoms. The van der Waals surface area contributed by atoms with Crippen molar-refractivity contribution in [2.24, 2.45) is 11.8 Å². The van der Waals surface area contributed by atoms with E-state index in [1.807, 2.05) is 0 Å². The molecule has 1 aliphatic rings. The van der Waals surface area contributed by atoms with Crippen LogP contribution in [0.2, 0.25) is 0 Å². The van der Waals surface area contributed by atoms with Crippen molar-refractivity contribution in [2.75, 3.05) is 44.5 Å². The number of nitrogens with zero attached hydrogens (tertiary/aromatic N) is 4. The molecule has 1 fully saturated rings. The summed E-state index contributed by atoms with van der Waals surface area (Å²) < 4.78 is 5.00. The number of anilines is 2. The number of nitrogens with one attached hydrogen (secondary N) is 2. The lowest BCUT2D eigenvalue weighted by Gasteiger charge is -2.29. The molecule has 0 amide bonds. The summed E-state index contributed by atoms with van der Waals surface area (Å²) in [6, 6.07) is 0.242. The number of methoxy groups -OCH3 is 1. The van der Waals surface area contributed by atoms with E-state index in [1.165, 1.54) is 26.5 Å². The Labute approximate surface area is 112 Å². The van der Waals surface area contributed by atoms with Crippen molar-refractivity contribution in [2.45, 2.75) is 12.8 Å². The Morgan fingerprint density at radius 2 is 2.16 bits per heavy atom. The summed E-state index contributed by atoms with van der Waals surface area (Å²) in [4.78, 5) is 14.6. The van der Waals surface area contributed by atoms with Crippen LogP contribution in [-0.4, -0.2) is 53.6 Å². The molecule has 1 unspecified atom stereocenters. The number of rotatable bonds is 5. The summed E-state index contributed by atoms with van der Waals surface area (Å²) in [5.74, 6) is 6.68. The molecule has 1 atom stereocenters. The van der Waals surface area contributed by atoms with E-state index in [1.54, 1.807) is 0 Å². The molecule has 4 N–H and O–H groups in total. The van der Waals surface area contributed by atoms with Crippen molar-refractivity contribution in [1.82, 2.24) is 19.9 Å². The van der Waals surface area contributed by atoms with Gasteiger partial charge in [-0.1, -0.05) is 0 Å². The minimum absolute atomic E-state index is 0.242. The topological polar surface area (TPSA) is 101 Å². The zero-order valence-corrected chi connectivity index (χ0v) is 11.4. The van der Waals surface area contributed by atoms with Gasteiger partial charge in [0.05, 0.1) is 7.11 Å². The highest BCUT2D eigenvalue weighted by atomic mass is 16.5. The summed E-state index contributed by atoms with van der Waals surface area (Å²) in [5.41, 5.74) is 2.40. The average Bonchev–Trinajstić information content (AvgIpc) is 2.44. The Bertz CT molecular complexity index is 392. The zero-order chi connectivity index (χ0) is 13.7. The molecule has 0 aliphatic carbocycles. The standard InChI is InChI=1S/C11H21N7O/c1-18-5-3-4-8(7-18)6-13-9-14-10(17-12)16-11(15-9)19-2/h8H,3-7,12H2,1-2H3,(H2,13,14,15,16,17). The van der Waals surface area contributed by atoms with Gasteiger partial charge in [-0.3, -0.25) is 5.43 Å². The van der Waals surface area contributed by atoms with E-state index in [0.717, 1.165) is 13.1 Å². The lowest BCUT2D eigenvalue weighted by Crippen LogP contribution is -2.35. The van der Waals surface area contributed by atoms with Gasteiger partial charge in [-0.05, 0) is 32.4 Å². The van der Waals surface area contributed by atoms with Gasteiger partial charge in [0.2, 0.25) is 11.9 Å². The summed E-state index contributed by atoms with van der Waals surface area (Å²) in [6.07, 6.45) is 2.46. The number of likely N-dealkylation sites (tertiary alicyclic amines) is 1. The van der Waals surface area contributed by atoms with Gasteiger partial charge < -0.3 is 15.0 Å². The number of hydrazine groups is 1. The maximum absolute atomic E-state index is 5.31. The third kappa shape index (κ3) is 3.90. The summed E-state index contributed by atoms with van der Waals surface area (Å²) >= 11 is 0. The minimum Gasteiger partial charge on any atom is -0.467 e. The summed E-state index contributed by atoms with van der Waals surface area (Å²) in [5, 5.41) is 3.22. The van der Waals surface area contributed by atoms with Crippen molar-refractivity contribution in [3.8, 4) is 6.01 Å². The fourth-order valence-electron chi connectivity index (χ4n) is 2.27.